The first-order valence-corrected chi connectivity index (χ1v) is 11.4. The molecule has 170 valence electrons. The predicted octanol–water partition coefficient (Wildman–Crippen LogP) is 4.92. The minimum absolute atomic E-state index is 0.0419. The Morgan fingerprint density at radius 1 is 1.06 bits per heavy atom. The summed E-state index contributed by atoms with van der Waals surface area (Å²) in [5, 5.41) is 0. The Balaban J connectivity index is 1.74. The zero-order chi connectivity index (χ0) is 23.0. The Morgan fingerprint density at radius 2 is 1.72 bits per heavy atom. The van der Waals surface area contributed by atoms with Crippen LogP contribution in [-0.2, 0) is 19.1 Å². The van der Waals surface area contributed by atoms with Gasteiger partial charge in [-0.15, -0.1) is 0 Å². The van der Waals surface area contributed by atoms with Crippen LogP contribution in [0.1, 0.15) is 77.7 Å². The van der Waals surface area contributed by atoms with Gasteiger partial charge < -0.3 is 9.47 Å². The number of Topliss-reactive ketones (excluding diaryl/α,β-unsaturated/α-hetero) is 1. The average Bonchev–Trinajstić information content (AvgIpc) is 3.19. The van der Waals surface area contributed by atoms with Gasteiger partial charge in [-0.1, -0.05) is 26.0 Å². The van der Waals surface area contributed by atoms with Gasteiger partial charge in [0.1, 0.15) is 17.8 Å². The number of carbonyl (C=O) groups is 3. The molecule has 0 bridgehead atoms. The zero-order valence-corrected chi connectivity index (χ0v) is 19.3. The molecule has 0 spiro atoms. The number of hydrogen-bond acceptors (Lipinski definition) is 6. The van der Waals surface area contributed by atoms with Crippen LogP contribution in [-0.4, -0.2) is 29.5 Å². The van der Waals surface area contributed by atoms with E-state index in [0.29, 0.717) is 29.9 Å². The number of esters is 2. The second kappa shape index (κ2) is 8.64. The Kier molecular flexibility index (Phi) is 6.06. The Morgan fingerprint density at radius 3 is 2.34 bits per heavy atom. The fourth-order valence-electron chi connectivity index (χ4n) is 5.26. The molecule has 1 aliphatic heterocycles. The Bertz CT molecular complexity index is 996. The maximum absolute atomic E-state index is 13.4. The van der Waals surface area contributed by atoms with Crippen LogP contribution < -0.4 is 4.74 Å². The predicted molar refractivity (Wildman–Crippen MR) is 120 cm³/mol. The van der Waals surface area contributed by atoms with Gasteiger partial charge in [-0.05, 0) is 62.1 Å². The molecule has 0 saturated heterocycles. The van der Waals surface area contributed by atoms with E-state index in [4.69, 9.17) is 14.5 Å². The van der Waals surface area contributed by atoms with Gasteiger partial charge in [-0.25, -0.2) is 0 Å². The summed E-state index contributed by atoms with van der Waals surface area (Å²) in [6.07, 6.45) is 4.97. The molecule has 32 heavy (non-hydrogen) atoms. The van der Waals surface area contributed by atoms with E-state index >= 15 is 0 Å². The van der Waals surface area contributed by atoms with Crippen molar-refractivity contribution in [3.05, 3.63) is 41.1 Å². The van der Waals surface area contributed by atoms with E-state index in [9.17, 15) is 14.4 Å². The molecule has 2 aliphatic carbocycles. The van der Waals surface area contributed by atoms with Gasteiger partial charge in [0.15, 0.2) is 5.78 Å². The summed E-state index contributed by atoms with van der Waals surface area (Å²) in [5.74, 6) is -1.33. The summed E-state index contributed by atoms with van der Waals surface area (Å²) in [4.78, 5) is 42.7. The van der Waals surface area contributed by atoms with Crippen LogP contribution in [0, 0.1) is 11.3 Å². The van der Waals surface area contributed by atoms with Crippen molar-refractivity contribution in [3.63, 3.8) is 0 Å². The molecule has 0 aromatic heterocycles. The van der Waals surface area contributed by atoms with Gasteiger partial charge in [-0.3, -0.25) is 19.4 Å². The van der Waals surface area contributed by atoms with Gasteiger partial charge in [0, 0.05) is 36.2 Å². The van der Waals surface area contributed by atoms with E-state index in [0.717, 1.165) is 36.9 Å². The summed E-state index contributed by atoms with van der Waals surface area (Å²) in [6, 6.07) is 7.06. The van der Waals surface area contributed by atoms with Crippen molar-refractivity contribution in [1.82, 2.24) is 0 Å². The lowest BCUT2D eigenvalue weighted by atomic mass is 9.67. The maximum atomic E-state index is 13.4. The van der Waals surface area contributed by atoms with E-state index in [2.05, 4.69) is 13.8 Å². The number of rotatable bonds is 4. The van der Waals surface area contributed by atoms with E-state index in [1.165, 1.54) is 6.92 Å². The molecule has 0 N–H and O–H groups in total. The van der Waals surface area contributed by atoms with Crippen molar-refractivity contribution in [2.45, 2.75) is 78.2 Å². The zero-order valence-electron chi connectivity index (χ0n) is 19.3. The minimum atomic E-state index is -0.640. The molecule has 6 nitrogen and oxygen atoms in total. The maximum Gasteiger partial charge on any atom is 0.315 e. The number of allylic oxidation sites excluding steroid dienone is 2. The van der Waals surface area contributed by atoms with Crippen LogP contribution in [0.3, 0.4) is 0 Å². The van der Waals surface area contributed by atoms with Crippen molar-refractivity contribution in [2.75, 3.05) is 0 Å². The van der Waals surface area contributed by atoms with Crippen molar-refractivity contribution in [1.29, 1.82) is 0 Å². The first-order chi connectivity index (χ1) is 15.1. The van der Waals surface area contributed by atoms with Crippen LogP contribution in [0.25, 0.3) is 0 Å². The Labute approximate surface area is 189 Å². The number of aliphatic imine (C=N–C) groups is 1. The topological polar surface area (TPSA) is 82.0 Å². The van der Waals surface area contributed by atoms with Gasteiger partial charge >= 0.3 is 11.9 Å². The molecule has 0 radical (unpaired) electrons. The highest BCUT2D eigenvalue weighted by Gasteiger charge is 2.46. The summed E-state index contributed by atoms with van der Waals surface area (Å²) in [6.45, 7) is 7.35. The average molecular weight is 438 g/mol. The molecule has 1 fully saturated rings. The lowest BCUT2D eigenvalue weighted by Crippen LogP contribution is -2.40. The lowest BCUT2D eigenvalue weighted by Gasteiger charge is -2.39. The molecule has 6 heteroatoms. The molecule has 1 aromatic carbocycles. The first-order valence-electron chi connectivity index (χ1n) is 11.4. The first kappa shape index (κ1) is 22.4. The summed E-state index contributed by atoms with van der Waals surface area (Å²) in [7, 11) is 0. The number of nitrogens with zero attached hydrogens (tertiary/aromatic N) is 1. The van der Waals surface area contributed by atoms with E-state index < -0.39 is 17.8 Å². The molecule has 1 unspecified atom stereocenters. The third-order valence-electron chi connectivity index (χ3n) is 6.64. The molecule has 2 atom stereocenters. The second-order valence-corrected chi connectivity index (χ2v) is 10.0. The fraction of sp³-hybridized carbons (Fsp3) is 0.538. The number of ketones is 1. The standard InChI is InChI=1S/C26H31NO5/c1-15-22(25(30)32-18-7-5-6-8-18)23(17-9-11-19(12-10-17)31-16(2)28)24-20(27-15)13-26(3,4)14-21(24)29/h9-12,18,22-23H,5-8,13-14H2,1-4H3/t22?,23-/m0/s1. The quantitative estimate of drug-likeness (QED) is 0.493. The van der Waals surface area contributed by atoms with Gasteiger partial charge in [0.2, 0.25) is 0 Å². The molecule has 1 aromatic rings. The third-order valence-corrected chi connectivity index (χ3v) is 6.64. The lowest BCUT2D eigenvalue weighted by molar-refractivity contribution is -0.151. The summed E-state index contributed by atoms with van der Waals surface area (Å²) in [5.41, 5.74) is 2.75. The van der Waals surface area contributed by atoms with Crippen molar-refractivity contribution in [3.8, 4) is 5.75 Å². The summed E-state index contributed by atoms with van der Waals surface area (Å²) >= 11 is 0. The van der Waals surface area contributed by atoms with Crippen molar-refractivity contribution >= 4 is 23.4 Å². The number of benzene rings is 1. The van der Waals surface area contributed by atoms with Gasteiger partial charge in [0.05, 0.1) is 0 Å². The monoisotopic (exact) mass is 437 g/mol. The molecular weight excluding hydrogens is 406 g/mol. The molecule has 4 rings (SSSR count). The largest absolute Gasteiger partial charge is 0.462 e. The minimum Gasteiger partial charge on any atom is -0.462 e. The smallest absolute Gasteiger partial charge is 0.315 e. The van der Waals surface area contributed by atoms with Crippen molar-refractivity contribution in [2.24, 2.45) is 16.3 Å². The highest BCUT2D eigenvalue weighted by atomic mass is 16.5. The van der Waals surface area contributed by atoms with E-state index in [-0.39, 0.29) is 23.3 Å². The third kappa shape index (κ3) is 4.54. The van der Waals surface area contributed by atoms with Gasteiger partial charge in [-0.2, -0.15) is 0 Å². The Hall–Kier alpha value is -2.76. The van der Waals surface area contributed by atoms with E-state index in [1.54, 1.807) is 12.1 Å². The fourth-order valence-corrected chi connectivity index (χ4v) is 5.26. The van der Waals surface area contributed by atoms with Crippen molar-refractivity contribution < 1.29 is 23.9 Å². The molecular formula is C26H31NO5. The molecule has 3 aliphatic rings. The van der Waals surface area contributed by atoms with Crippen LogP contribution in [0.15, 0.2) is 40.5 Å². The summed E-state index contributed by atoms with van der Waals surface area (Å²) < 4.78 is 11.0. The number of carbonyl (C=O) groups excluding carboxylic acids is 3. The highest BCUT2D eigenvalue weighted by Crippen LogP contribution is 2.48. The molecule has 1 saturated carbocycles. The SMILES string of the molecule is CC(=O)Oc1ccc([C@@H]2C3=C(CC(C)(C)CC3=O)N=C(C)C2C(=O)OC2CCCC2)cc1. The van der Waals surface area contributed by atoms with Crippen LogP contribution in [0.5, 0.6) is 5.75 Å². The molecule has 1 heterocycles. The normalized spacial score (nSPS) is 25.2. The second-order valence-electron chi connectivity index (χ2n) is 10.0. The number of ether oxygens (including phenoxy) is 2. The van der Waals surface area contributed by atoms with Crippen LogP contribution in [0.4, 0.5) is 0 Å². The van der Waals surface area contributed by atoms with Gasteiger partial charge in [0.25, 0.3) is 0 Å². The van der Waals surface area contributed by atoms with Crippen LogP contribution in [0.2, 0.25) is 0 Å². The highest BCUT2D eigenvalue weighted by molar-refractivity contribution is 6.09. The van der Waals surface area contributed by atoms with E-state index in [1.807, 2.05) is 19.1 Å². The van der Waals surface area contributed by atoms with Crippen LogP contribution >= 0.6 is 0 Å². The number of hydrogen-bond donors (Lipinski definition) is 0. The molecule has 0 amide bonds.